The largest absolute Gasteiger partial charge is 0.332 e. The molecule has 0 aliphatic heterocycles. The van der Waals surface area contributed by atoms with Gasteiger partial charge >= 0.3 is 0 Å². The first-order valence-electron chi connectivity index (χ1n) is 5.64. The van der Waals surface area contributed by atoms with Gasteiger partial charge in [-0.15, -0.1) is 11.3 Å². The highest BCUT2D eigenvalue weighted by molar-refractivity contribution is 7.09. The number of aryl methyl sites for hydroxylation is 1. The standard InChI is InChI=1S/C11H16N4OS/c1-4-11(12,5-2)10-14-9(16-15-10)8-6-17-7(3)13-8/h6H,4-5,12H2,1-3H3. The van der Waals surface area contributed by atoms with E-state index in [9.17, 15) is 0 Å². The summed E-state index contributed by atoms with van der Waals surface area (Å²) in [7, 11) is 0. The highest BCUT2D eigenvalue weighted by atomic mass is 32.1. The van der Waals surface area contributed by atoms with E-state index < -0.39 is 5.54 Å². The summed E-state index contributed by atoms with van der Waals surface area (Å²) in [5, 5.41) is 6.85. The first-order chi connectivity index (χ1) is 8.09. The van der Waals surface area contributed by atoms with E-state index in [0.29, 0.717) is 11.7 Å². The molecule has 0 atom stereocenters. The van der Waals surface area contributed by atoms with E-state index in [1.54, 1.807) is 11.3 Å². The van der Waals surface area contributed by atoms with E-state index in [0.717, 1.165) is 23.5 Å². The maximum atomic E-state index is 6.21. The van der Waals surface area contributed by atoms with E-state index in [4.69, 9.17) is 10.3 Å². The van der Waals surface area contributed by atoms with Crippen LogP contribution in [0, 0.1) is 6.92 Å². The third kappa shape index (κ3) is 2.23. The van der Waals surface area contributed by atoms with Crippen LogP contribution >= 0.6 is 11.3 Å². The summed E-state index contributed by atoms with van der Waals surface area (Å²) >= 11 is 1.56. The average molecular weight is 252 g/mol. The minimum Gasteiger partial charge on any atom is -0.332 e. The lowest BCUT2D eigenvalue weighted by Crippen LogP contribution is -2.36. The average Bonchev–Trinajstić information content (AvgIpc) is 2.96. The van der Waals surface area contributed by atoms with Crippen molar-refractivity contribution in [2.75, 3.05) is 0 Å². The molecule has 2 heterocycles. The molecule has 2 aromatic rings. The summed E-state index contributed by atoms with van der Waals surface area (Å²) in [6, 6.07) is 0. The maximum Gasteiger partial charge on any atom is 0.277 e. The van der Waals surface area contributed by atoms with Gasteiger partial charge < -0.3 is 10.3 Å². The SMILES string of the molecule is CCC(N)(CC)c1noc(-c2csc(C)n2)n1. The zero-order chi connectivity index (χ0) is 12.5. The summed E-state index contributed by atoms with van der Waals surface area (Å²) < 4.78 is 5.22. The second-order valence-corrected chi connectivity index (χ2v) is 5.10. The van der Waals surface area contributed by atoms with Crippen molar-refractivity contribution in [2.24, 2.45) is 5.73 Å². The van der Waals surface area contributed by atoms with Crippen molar-refractivity contribution in [2.45, 2.75) is 39.2 Å². The molecule has 0 aromatic carbocycles. The van der Waals surface area contributed by atoms with Crippen LogP contribution in [0.1, 0.15) is 37.5 Å². The van der Waals surface area contributed by atoms with Gasteiger partial charge in [0.1, 0.15) is 5.69 Å². The number of thiazole rings is 1. The Morgan fingerprint density at radius 1 is 1.35 bits per heavy atom. The molecule has 0 unspecified atom stereocenters. The smallest absolute Gasteiger partial charge is 0.277 e. The van der Waals surface area contributed by atoms with E-state index in [1.165, 1.54) is 0 Å². The van der Waals surface area contributed by atoms with Crippen LogP contribution in [0.3, 0.4) is 0 Å². The molecule has 2 N–H and O–H groups in total. The zero-order valence-corrected chi connectivity index (χ0v) is 11.0. The highest BCUT2D eigenvalue weighted by Gasteiger charge is 2.29. The quantitative estimate of drug-likeness (QED) is 0.904. The molecule has 0 radical (unpaired) electrons. The molecule has 2 rings (SSSR count). The molecule has 0 fully saturated rings. The molecule has 0 aliphatic rings. The van der Waals surface area contributed by atoms with Gasteiger partial charge in [-0.2, -0.15) is 4.98 Å². The Morgan fingerprint density at radius 2 is 2.06 bits per heavy atom. The minimum absolute atomic E-state index is 0.445. The third-order valence-corrected chi connectivity index (χ3v) is 3.74. The molecule has 0 bridgehead atoms. The molecule has 92 valence electrons. The Hall–Kier alpha value is -1.27. The van der Waals surface area contributed by atoms with Gasteiger partial charge in [0, 0.05) is 5.38 Å². The lowest BCUT2D eigenvalue weighted by atomic mass is 9.93. The molecule has 0 saturated carbocycles. The van der Waals surface area contributed by atoms with E-state index in [2.05, 4.69) is 15.1 Å². The van der Waals surface area contributed by atoms with E-state index >= 15 is 0 Å². The van der Waals surface area contributed by atoms with Crippen LogP contribution in [-0.2, 0) is 5.54 Å². The Morgan fingerprint density at radius 3 is 2.59 bits per heavy atom. The normalized spacial score (nSPS) is 12.0. The van der Waals surface area contributed by atoms with Gasteiger partial charge in [-0.1, -0.05) is 19.0 Å². The van der Waals surface area contributed by atoms with Gasteiger partial charge in [-0.25, -0.2) is 4.98 Å². The maximum absolute atomic E-state index is 6.21. The fourth-order valence-electron chi connectivity index (χ4n) is 1.56. The Labute approximate surface area is 104 Å². The number of rotatable bonds is 4. The summed E-state index contributed by atoms with van der Waals surface area (Å²) in [5.41, 5.74) is 6.43. The first-order valence-corrected chi connectivity index (χ1v) is 6.52. The predicted molar refractivity (Wildman–Crippen MR) is 66.6 cm³/mol. The molecule has 2 aromatic heterocycles. The molecule has 0 amide bonds. The number of hydrogen-bond donors (Lipinski definition) is 1. The van der Waals surface area contributed by atoms with Crippen molar-refractivity contribution < 1.29 is 4.52 Å². The fraction of sp³-hybridized carbons (Fsp3) is 0.545. The summed E-state index contributed by atoms with van der Waals surface area (Å²) in [6.45, 7) is 5.98. The third-order valence-electron chi connectivity index (χ3n) is 2.97. The van der Waals surface area contributed by atoms with Crippen LogP contribution in [0.15, 0.2) is 9.90 Å². The molecule has 17 heavy (non-hydrogen) atoms. The second kappa shape index (κ2) is 4.54. The lowest BCUT2D eigenvalue weighted by molar-refractivity contribution is 0.350. The van der Waals surface area contributed by atoms with Gasteiger partial charge in [0.15, 0.2) is 5.82 Å². The van der Waals surface area contributed by atoms with Crippen LogP contribution in [0.4, 0.5) is 0 Å². The number of hydrogen-bond acceptors (Lipinski definition) is 6. The molecule has 0 spiro atoms. The monoisotopic (exact) mass is 252 g/mol. The van der Waals surface area contributed by atoms with Gasteiger partial charge in [-0.3, -0.25) is 0 Å². The van der Waals surface area contributed by atoms with Crippen molar-refractivity contribution in [3.05, 3.63) is 16.2 Å². The number of aromatic nitrogens is 3. The van der Waals surface area contributed by atoms with Crippen molar-refractivity contribution in [3.8, 4) is 11.6 Å². The van der Waals surface area contributed by atoms with Gasteiger partial charge in [0.25, 0.3) is 5.89 Å². The zero-order valence-electron chi connectivity index (χ0n) is 10.2. The molecule has 6 heteroatoms. The van der Waals surface area contributed by atoms with Crippen LogP contribution in [0.2, 0.25) is 0 Å². The Bertz CT molecular complexity index is 501. The predicted octanol–water partition coefficient (Wildman–Crippen LogP) is 2.48. The highest BCUT2D eigenvalue weighted by Crippen LogP contribution is 2.26. The van der Waals surface area contributed by atoms with Crippen LogP contribution in [0.25, 0.3) is 11.6 Å². The van der Waals surface area contributed by atoms with Crippen molar-refractivity contribution >= 4 is 11.3 Å². The van der Waals surface area contributed by atoms with Crippen molar-refractivity contribution in [1.29, 1.82) is 0 Å². The Balaban J connectivity index is 2.33. The van der Waals surface area contributed by atoms with Gasteiger partial charge in [-0.05, 0) is 19.8 Å². The van der Waals surface area contributed by atoms with Crippen LogP contribution in [-0.4, -0.2) is 15.1 Å². The molecule has 0 aliphatic carbocycles. The topological polar surface area (TPSA) is 77.8 Å². The summed E-state index contributed by atoms with van der Waals surface area (Å²) in [4.78, 5) is 8.66. The van der Waals surface area contributed by atoms with E-state index in [1.807, 2.05) is 26.2 Å². The van der Waals surface area contributed by atoms with Crippen molar-refractivity contribution in [3.63, 3.8) is 0 Å². The van der Waals surface area contributed by atoms with Crippen LogP contribution in [0.5, 0.6) is 0 Å². The fourth-order valence-corrected chi connectivity index (χ4v) is 2.14. The van der Waals surface area contributed by atoms with Crippen LogP contribution < -0.4 is 5.73 Å². The molecule has 0 saturated heterocycles. The second-order valence-electron chi connectivity index (χ2n) is 4.04. The van der Waals surface area contributed by atoms with Gasteiger partial charge in [0.2, 0.25) is 0 Å². The summed E-state index contributed by atoms with van der Waals surface area (Å²) in [5.74, 6) is 1.00. The molecule has 5 nitrogen and oxygen atoms in total. The molecular weight excluding hydrogens is 236 g/mol. The number of nitrogens with zero attached hydrogens (tertiary/aromatic N) is 3. The summed E-state index contributed by atoms with van der Waals surface area (Å²) in [6.07, 6.45) is 1.55. The lowest BCUT2D eigenvalue weighted by Gasteiger charge is -2.21. The minimum atomic E-state index is -0.507. The van der Waals surface area contributed by atoms with E-state index in [-0.39, 0.29) is 0 Å². The first kappa shape index (κ1) is 12.2. The number of nitrogens with two attached hydrogens (primary N) is 1. The molecular formula is C11H16N4OS. The van der Waals surface area contributed by atoms with Crippen molar-refractivity contribution in [1.82, 2.24) is 15.1 Å². The Kier molecular flexibility index (Phi) is 3.26. The van der Waals surface area contributed by atoms with Gasteiger partial charge in [0.05, 0.1) is 10.5 Å².